The van der Waals surface area contributed by atoms with Crippen LogP contribution >= 0.6 is 11.6 Å². The van der Waals surface area contributed by atoms with Crippen LogP contribution in [0.1, 0.15) is 11.1 Å². The smallest absolute Gasteiger partial charge is 0.417 e. The second-order valence-electron chi connectivity index (χ2n) is 8.00. The molecule has 0 aliphatic heterocycles. The Morgan fingerprint density at radius 3 is 2.21 bits per heavy atom. The van der Waals surface area contributed by atoms with Crippen molar-refractivity contribution in [1.82, 2.24) is 4.98 Å². The molecule has 0 bridgehead atoms. The first-order valence-electron chi connectivity index (χ1n) is 10.9. The maximum absolute atomic E-state index is 14.9. The number of ether oxygens (including phenoxy) is 3. The van der Waals surface area contributed by atoms with Crippen LogP contribution in [0.25, 0.3) is 10.9 Å². The second kappa shape index (κ2) is 10.5. The number of anilines is 1. The van der Waals surface area contributed by atoms with E-state index in [1.165, 1.54) is 26.5 Å². The summed E-state index contributed by atoms with van der Waals surface area (Å²) in [5.41, 5.74) is -2.81. The molecule has 6 nitrogen and oxygen atoms in total. The number of carbonyl (C=O) groups excluding carboxylic acids is 1. The van der Waals surface area contributed by atoms with Gasteiger partial charge in [0.25, 0.3) is 5.91 Å². The van der Waals surface area contributed by atoms with Crippen molar-refractivity contribution < 1.29 is 45.3 Å². The van der Waals surface area contributed by atoms with E-state index in [-0.39, 0.29) is 11.5 Å². The van der Waals surface area contributed by atoms with Crippen molar-refractivity contribution in [2.24, 2.45) is 0 Å². The summed E-state index contributed by atoms with van der Waals surface area (Å²) in [4.78, 5) is 16.5. The topological polar surface area (TPSA) is 69.7 Å². The predicted octanol–water partition coefficient (Wildman–Crippen LogP) is 7.59. The van der Waals surface area contributed by atoms with Crippen LogP contribution in [0.2, 0.25) is 5.02 Å². The third-order valence-corrected chi connectivity index (χ3v) is 5.86. The number of amides is 1. The minimum atomic E-state index is -4.89. The number of aromatic nitrogens is 1. The molecule has 0 atom stereocenters. The lowest BCUT2D eigenvalue weighted by atomic mass is 10.1. The number of halogens is 7. The van der Waals surface area contributed by atoms with Crippen LogP contribution in [-0.2, 0) is 16.9 Å². The monoisotopic (exact) mass is 570 g/mol. The molecule has 13 heteroatoms. The molecule has 4 aromatic rings. The summed E-state index contributed by atoms with van der Waals surface area (Å²) >= 11 is 5.50. The number of pyridine rings is 1. The van der Waals surface area contributed by atoms with Gasteiger partial charge in [-0.2, -0.15) is 22.0 Å². The summed E-state index contributed by atoms with van der Waals surface area (Å²) in [5.74, 6) is -7.21. The molecule has 3 aromatic carbocycles. The summed E-state index contributed by atoms with van der Waals surface area (Å²) in [6.07, 6.45) is -3.48. The summed E-state index contributed by atoms with van der Waals surface area (Å²) in [7, 11) is 2.87. The quantitative estimate of drug-likeness (QED) is 0.232. The average Bonchev–Trinajstić information content (AvgIpc) is 2.88. The SMILES string of the molecule is COc1cc2nccc(Oc3ccc(C(F)(F)C(=O)Nc4ccc(Cl)c(C(F)(F)F)c4)c(F)c3)c2cc1OC. The van der Waals surface area contributed by atoms with Gasteiger partial charge in [-0.3, -0.25) is 9.78 Å². The Kier molecular flexibility index (Phi) is 7.51. The van der Waals surface area contributed by atoms with Crippen LogP contribution in [-0.4, -0.2) is 25.1 Å². The molecule has 1 amide bonds. The lowest BCUT2D eigenvalue weighted by Crippen LogP contribution is -2.33. The number of hydrogen-bond donors (Lipinski definition) is 1. The zero-order valence-electron chi connectivity index (χ0n) is 20.0. The highest BCUT2D eigenvalue weighted by Gasteiger charge is 2.44. The van der Waals surface area contributed by atoms with E-state index in [2.05, 4.69) is 4.98 Å². The van der Waals surface area contributed by atoms with E-state index < -0.39 is 45.7 Å². The van der Waals surface area contributed by atoms with Gasteiger partial charge in [0, 0.05) is 29.4 Å². The molecule has 0 aliphatic carbocycles. The Hall–Kier alpha value is -4.19. The Morgan fingerprint density at radius 2 is 1.56 bits per heavy atom. The number of nitrogens with zero attached hydrogens (tertiary/aromatic N) is 1. The second-order valence-corrected chi connectivity index (χ2v) is 8.41. The zero-order chi connectivity index (χ0) is 28.5. The number of rotatable bonds is 7. The van der Waals surface area contributed by atoms with Gasteiger partial charge in [-0.25, -0.2) is 4.39 Å². The van der Waals surface area contributed by atoms with E-state index in [9.17, 15) is 31.1 Å². The third kappa shape index (κ3) is 5.65. The molecular formula is C26H17ClF6N2O4. The molecule has 0 saturated carbocycles. The Bertz CT molecular complexity index is 1560. The standard InChI is InChI=1S/C26H17ClF6N2O4/c1-37-22-11-15-20(12-23(22)38-2)34-8-7-21(15)39-14-4-5-16(19(28)10-14)25(29,30)24(36)35-13-3-6-18(27)17(9-13)26(31,32)33/h3-12H,1-2H3,(H,35,36). The summed E-state index contributed by atoms with van der Waals surface area (Å²) in [5, 5.41) is 1.43. The Labute approximate surface area is 222 Å². The van der Waals surface area contributed by atoms with Gasteiger partial charge in [0.1, 0.15) is 17.3 Å². The van der Waals surface area contributed by atoms with Gasteiger partial charge in [-0.05, 0) is 42.5 Å². The van der Waals surface area contributed by atoms with Crippen LogP contribution < -0.4 is 19.5 Å². The fourth-order valence-corrected chi connectivity index (χ4v) is 3.85. The molecule has 4 rings (SSSR count). The van der Waals surface area contributed by atoms with E-state index in [0.29, 0.717) is 40.6 Å². The molecule has 0 unspecified atom stereocenters. The van der Waals surface area contributed by atoms with Gasteiger partial charge < -0.3 is 19.5 Å². The van der Waals surface area contributed by atoms with Gasteiger partial charge in [0.2, 0.25) is 0 Å². The molecule has 1 heterocycles. The van der Waals surface area contributed by atoms with Crippen molar-refractivity contribution >= 4 is 34.1 Å². The molecule has 1 N–H and O–H groups in total. The first kappa shape index (κ1) is 27.8. The summed E-state index contributed by atoms with van der Waals surface area (Å²) in [6, 6.07) is 9.01. The lowest BCUT2D eigenvalue weighted by molar-refractivity contribution is -0.141. The predicted molar refractivity (Wildman–Crippen MR) is 130 cm³/mol. The van der Waals surface area contributed by atoms with E-state index in [4.69, 9.17) is 25.8 Å². The fourth-order valence-electron chi connectivity index (χ4n) is 3.63. The maximum Gasteiger partial charge on any atom is 0.417 e. The van der Waals surface area contributed by atoms with Gasteiger partial charge in [-0.15, -0.1) is 0 Å². The number of nitrogens with one attached hydrogen (secondary N) is 1. The molecule has 0 radical (unpaired) electrons. The van der Waals surface area contributed by atoms with E-state index in [1.54, 1.807) is 17.4 Å². The fraction of sp³-hybridized carbons (Fsp3) is 0.154. The van der Waals surface area contributed by atoms with Crippen LogP contribution in [0.5, 0.6) is 23.0 Å². The number of hydrogen-bond acceptors (Lipinski definition) is 5. The Morgan fingerprint density at radius 1 is 0.872 bits per heavy atom. The minimum absolute atomic E-state index is 0.178. The largest absolute Gasteiger partial charge is 0.493 e. The highest BCUT2D eigenvalue weighted by Crippen LogP contribution is 2.39. The van der Waals surface area contributed by atoms with Gasteiger partial charge in [0.15, 0.2) is 11.5 Å². The minimum Gasteiger partial charge on any atom is -0.493 e. The van der Waals surface area contributed by atoms with E-state index in [1.807, 2.05) is 0 Å². The van der Waals surface area contributed by atoms with Gasteiger partial charge >= 0.3 is 12.1 Å². The van der Waals surface area contributed by atoms with Crippen LogP contribution in [0.3, 0.4) is 0 Å². The van der Waals surface area contributed by atoms with Crippen LogP contribution in [0, 0.1) is 5.82 Å². The average molecular weight is 571 g/mol. The summed E-state index contributed by atoms with van der Waals surface area (Å²) in [6.45, 7) is 0. The first-order chi connectivity index (χ1) is 18.3. The van der Waals surface area contributed by atoms with Crippen molar-refractivity contribution in [3.8, 4) is 23.0 Å². The molecular weight excluding hydrogens is 554 g/mol. The highest BCUT2D eigenvalue weighted by atomic mass is 35.5. The van der Waals surface area contributed by atoms with Crippen molar-refractivity contribution in [3.05, 3.63) is 82.8 Å². The molecule has 1 aromatic heterocycles. The van der Waals surface area contributed by atoms with Gasteiger partial charge in [0.05, 0.1) is 35.9 Å². The number of alkyl halides is 5. The number of fused-ring (bicyclic) bond motifs is 1. The van der Waals surface area contributed by atoms with Crippen LogP contribution in [0.4, 0.5) is 32.0 Å². The number of carbonyl (C=O) groups is 1. The van der Waals surface area contributed by atoms with Crippen molar-refractivity contribution in [2.75, 3.05) is 19.5 Å². The summed E-state index contributed by atoms with van der Waals surface area (Å²) < 4.78 is 99.8. The maximum atomic E-state index is 14.9. The lowest BCUT2D eigenvalue weighted by Gasteiger charge is -2.19. The molecule has 0 aliphatic rings. The molecule has 204 valence electrons. The normalized spacial score (nSPS) is 11.8. The molecule has 0 fully saturated rings. The Balaban J connectivity index is 1.59. The van der Waals surface area contributed by atoms with Crippen LogP contribution in [0.15, 0.2) is 60.8 Å². The van der Waals surface area contributed by atoms with Crippen molar-refractivity contribution in [1.29, 1.82) is 0 Å². The van der Waals surface area contributed by atoms with E-state index >= 15 is 0 Å². The number of benzene rings is 3. The molecule has 39 heavy (non-hydrogen) atoms. The van der Waals surface area contributed by atoms with Crippen molar-refractivity contribution in [2.45, 2.75) is 12.1 Å². The highest BCUT2D eigenvalue weighted by molar-refractivity contribution is 6.31. The molecule has 0 saturated heterocycles. The number of methoxy groups -OCH3 is 2. The molecule has 0 spiro atoms. The van der Waals surface area contributed by atoms with Gasteiger partial charge in [-0.1, -0.05) is 11.6 Å². The first-order valence-corrected chi connectivity index (χ1v) is 11.3. The van der Waals surface area contributed by atoms with E-state index in [0.717, 1.165) is 18.2 Å². The third-order valence-electron chi connectivity index (χ3n) is 5.53. The zero-order valence-corrected chi connectivity index (χ0v) is 20.8. The van der Waals surface area contributed by atoms with Crippen molar-refractivity contribution in [3.63, 3.8) is 0 Å².